The zero-order valence-corrected chi connectivity index (χ0v) is 17.2. The van der Waals surface area contributed by atoms with E-state index >= 15 is 0 Å². The number of hydrogen-bond donors (Lipinski definition) is 1. The predicted octanol–water partition coefficient (Wildman–Crippen LogP) is 2.79. The van der Waals surface area contributed by atoms with Crippen LogP contribution in [0.3, 0.4) is 0 Å². The van der Waals surface area contributed by atoms with Gasteiger partial charge in [-0.3, -0.25) is 9.59 Å². The lowest BCUT2D eigenvalue weighted by Gasteiger charge is -2.27. The summed E-state index contributed by atoms with van der Waals surface area (Å²) < 4.78 is 24.7. The highest BCUT2D eigenvalue weighted by molar-refractivity contribution is 7.92. The lowest BCUT2D eigenvalue weighted by atomic mass is 10.2. The van der Waals surface area contributed by atoms with Crippen molar-refractivity contribution in [2.75, 3.05) is 16.8 Å². The summed E-state index contributed by atoms with van der Waals surface area (Å²) in [7, 11) is -3.88. The number of amides is 2. The maximum Gasteiger partial charge on any atom is 0.239 e. The molecule has 150 valence electrons. The van der Waals surface area contributed by atoms with Crippen LogP contribution in [0.2, 0.25) is 0 Å². The third-order valence-electron chi connectivity index (χ3n) is 4.17. The van der Waals surface area contributed by atoms with Gasteiger partial charge < -0.3 is 10.2 Å². The van der Waals surface area contributed by atoms with Gasteiger partial charge in [0.05, 0.1) is 0 Å². The van der Waals surface area contributed by atoms with Gasteiger partial charge >= 0.3 is 0 Å². The van der Waals surface area contributed by atoms with Crippen LogP contribution in [-0.2, 0) is 26.0 Å². The first-order valence-electron chi connectivity index (χ1n) is 9.06. The molecule has 0 saturated heterocycles. The molecule has 0 saturated carbocycles. The van der Waals surface area contributed by atoms with E-state index in [-0.39, 0.29) is 6.04 Å². The molecule has 0 bridgehead atoms. The van der Waals surface area contributed by atoms with Crippen molar-refractivity contribution in [1.29, 1.82) is 0 Å². The number of rotatable bonds is 8. The van der Waals surface area contributed by atoms with Crippen LogP contribution in [0.5, 0.6) is 0 Å². The van der Waals surface area contributed by atoms with Crippen LogP contribution in [0.1, 0.15) is 25.0 Å². The molecule has 2 amide bonds. The molecule has 0 aliphatic rings. The van der Waals surface area contributed by atoms with Crippen molar-refractivity contribution in [1.82, 2.24) is 4.90 Å². The lowest BCUT2D eigenvalue weighted by Crippen LogP contribution is -2.41. The second-order valence-electron chi connectivity index (χ2n) is 7.05. The lowest BCUT2D eigenvalue weighted by molar-refractivity contribution is -0.130. The smallest absolute Gasteiger partial charge is 0.239 e. The Kier molecular flexibility index (Phi) is 7.34. The molecular weight excluding hydrogens is 376 g/mol. The molecule has 0 fully saturated rings. The minimum Gasteiger partial charge on any atom is -0.335 e. The van der Waals surface area contributed by atoms with Crippen LogP contribution in [0.25, 0.3) is 0 Å². The molecule has 28 heavy (non-hydrogen) atoms. The molecule has 6 nitrogen and oxygen atoms in total. The van der Waals surface area contributed by atoms with Gasteiger partial charge in [0.15, 0.2) is 9.84 Å². The van der Waals surface area contributed by atoms with Crippen LogP contribution in [-0.4, -0.2) is 42.7 Å². The van der Waals surface area contributed by atoms with E-state index < -0.39 is 33.2 Å². The van der Waals surface area contributed by atoms with Crippen molar-refractivity contribution in [3.8, 4) is 0 Å². The third-order valence-corrected chi connectivity index (χ3v) is 5.56. The molecule has 0 aliphatic carbocycles. The predicted molar refractivity (Wildman–Crippen MR) is 111 cm³/mol. The maximum absolute atomic E-state index is 12.6. The minimum atomic E-state index is -3.88. The number of anilines is 1. The van der Waals surface area contributed by atoms with E-state index in [1.165, 1.54) is 4.90 Å². The van der Waals surface area contributed by atoms with Crippen molar-refractivity contribution in [2.45, 2.75) is 33.4 Å². The van der Waals surface area contributed by atoms with Crippen molar-refractivity contribution in [3.05, 3.63) is 65.7 Å². The minimum absolute atomic E-state index is 0.163. The average molecular weight is 403 g/mol. The molecule has 0 radical (unpaired) electrons. The Morgan fingerprint density at radius 2 is 1.57 bits per heavy atom. The number of nitrogens with zero attached hydrogens (tertiary/aromatic N) is 1. The number of benzene rings is 2. The van der Waals surface area contributed by atoms with Crippen LogP contribution in [0.15, 0.2) is 54.6 Å². The van der Waals surface area contributed by atoms with E-state index in [1.54, 1.807) is 12.1 Å². The molecule has 0 unspecified atom stereocenters. The number of carbonyl (C=O) groups is 2. The van der Waals surface area contributed by atoms with Crippen molar-refractivity contribution in [2.24, 2.45) is 0 Å². The fourth-order valence-electron chi connectivity index (χ4n) is 2.69. The Morgan fingerprint density at radius 3 is 2.14 bits per heavy atom. The highest BCUT2D eigenvalue weighted by Crippen LogP contribution is 2.11. The highest BCUT2D eigenvalue weighted by atomic mass is 32.2. The molecule has 0 spiro atoms. The zero-order chi connectivity index (χ0) is 20.7. The Labute approximate surface area is 166 Å². The fourth-order valence-corrected chi connectivity index (χ4v) is 3.81. The van der Waals surface area contributed by atoms with Crippen molar-refractivity contribution >= 4 is 27.3 Å². The van der Waals surface area contributed by atoms with E-state index in [1.807, 2.05) is 63.2 Å². The van der Waals surface area contributed by atoms with Gasteiger partial charge in [-0.2, -0.15) is 0 Å². The van der Waals surface area contributed by atoms with Gasteiger partial charge in [0, 0.05) is 18.3 Å². The Hall–Kier alpha value is -2.67. The maximum atomic E-state index is 12.6. The van der Waals surface area contributed by atoms with Gasteiger partial charge in [0.1, 0.15) is 11.5 Å². The Bertz CT molecular complexity index is 907. The Morgan fingerprint density at radius 1 is 0.964 bits per heavy atom. The number of nitrogens with one attached hydrogen (secondary N) is 1. The molecule has 2 aromatic carbocycles. The largest absolute Gasteiger partial charge is 0.335 e. The first kappa shape index (κ1) is 21.6. The Balaban J connectivity index is 1.99. The quantitative estimate of drug-likeness (QED) is 0.736. The molecule has 1 N–H and O–H groups in total. The van der Waals surface area contributed by atoms with Gasteiger partial charge in [-0.1, -0.05) is 48.0 Å². The summed E-state index contributed by atoms with van der Waals surface area (Å²) in [5, 5.41) is 2.55. The molecule has 0 aromatic heterocycles. The molecule has 0 atom stereocenters. The average Bonchev–Trinajstić information content (AvgIpc) is 2.61. The van der Waals surface area contributed by atoms with Crippen LogP contribution in [0, 0.1) is 6.92 Å². The molecule has 2 aromatic rings. The second-order valence-corrected chi connectivity index (χ2v) is 9.11. The summed E-state index contributed by atoms with van der Waals surface area (Å²) in [5.74, 6) is -2.60. The summed E-state index contributed by atoms with van der Waals surface area (Å²) in [5.41, 5.74) is 2.47. The van der Waals surface area contributed by atoms with Gasteiger partial charge in [0.25, 0.3) is 0 Å². The normalized spacial score (nSPS) is 11.3. The first-order valence-corrected chi connectivity index (χ1v) is 10.9. The number of aryl methyl sites for hydroxylation is 1. The van der Waals surface area contributed by atoms with E-state index in [4.69, 9.17) is 0 Å². The standard InChI is InChI=1S/C21H26N2O4S/c1-16(2)23(13-18-7-5-4-6-8-18)21(25)15-28(26,27)14-20(24)22-19-11-9-17(3)10-12-19/h4-12,16H,13-15H2,1-3H3,(H,22,24). The van der Waals surface area contributed by atoms with E-state index in [9.17, 15) is 18.0 Å². The van der Waals surface area contributed by atoms with Crippen molar-refractivity contribution in [3.63, 3.8) is 0 Å². The first-order chi connectivity index (χ1) is 13.2. The molecule has 0 heterocycles. The topological polar surface area (TPSA) is 83.5 Å². The number of carbonyl (C=O) groups excluding carboxylic acids is 2. The monoisotopic (exact) mass is 402 g/mol. The van der Waals surface area contributed by atoms with Gasteiger partial charge in [0.2, 0.25) is 11.8 Å². The van der Waals surface area contributed by atoms with E-state index in [0.717, 1.165) is 11.1 Å². The van der Waals surface area contributed by atoms with Gasteiger partial charge in [-0.15, -0.1) is 0 Å². The third kappa shape index (κ3) is 6.81. The molecule has 0 aliphatic heterocycles. The summed E-state index contributed by atoms with van der Waals surface area (Å²) in [6.07, 6.45) is 0. The second kappa shape index (κ2) is 9.50. The SMILES string of the molecule is Cc1ccc(NC(=O)CS(=O)(=O)CC(=O)N(Cc2ccccc2)C(C)C)cc1. The zero-order valence-electron chi connectivity index (χ0n) is 16.4. The van der Waals surface area contributed by atoms with E-state index in [0.29, 0.717) is 12.2 Å². The van der Waals surface area contributed by atoms with Crippen LogP contribution in [0.4, 0.5) is 5.69 Å². The highest BCUT2D eigenvalue weighted by Gasteiger charge is 2.26. The summed E-state index contributed by atoms with van der Waals surface area (Å²) >= 11 is 0. The molecule has 7 heteroatoms. The summed E-state index contributed by atoms with van der Waals surface area (Å²) in [6, 6.07) is 16.2. The van der Waals surface area contributed by atoms with Crippen LogP contribution >= 0.6 is 0 Å². The van der Waals surface area contributed by atoms with Crippen LogP contribution < -0.4 is 5.32 Å². The summed E-state index contributed by atoms with van der Waals surface area (Å²) in [4.78, 5) is 26.2. The molecular formula is C21H26N2O4S. The number of sulfone groups is 1. The van der Waals surface area contributed by atoms with Gasteiger partial charge in [-0.05, 0) is 38.5 Å². The van der Waals surface area contributed by atoms with E-state index in [2.05, 4.69) is 5.32 Å². The fraction of sp³-hybridized carbons (Fsp3) is 0.333. The number of hydrogen-bond acceptors (Lipinski definition) is 4. The molecule has 2 rings (SSSR count). The van der Waals surface area contributed by atoms with Gasteiger partial charge in [-0.25, -0.2) is 8.42 Å². The van der Waals surface area contributed by atoms with Crippen molar-refractivity contribution < 1.29 is 18.0 Å². The summed E-state index contributed by atoms with van der Waals surface area (Å²) in [6.45, 7) is 5.90.